The Kier molecular flexibility index (Phi) is 4.06. The highest BCUT2D eigenvalue weighted by molar-refractivity contribution is 5.78. The lowest BCUT2D eigenvalue weighted by atomic mass is 10.2. The lowest BCUT2D eigenvalue weighted by Crippen LogP contribution is -2.46. The topological polar surface area (TPSA) is 62.7 Å². The van der Waals surface area contributed by atoms with E-state index in [2.05, 4.69) is 4.98 Å². The van der Waals surface area contributed by atoms with E-state index >= 15 is 0 Å². The van der Waals surface area contributed by atoms with E-state index in [1.807, 2.05) is 18.2 Å². The number of morpholine rings is 1. The Balaban J connectivity index is 1.96. The van der Waals surface area contributed by atoms with Gasteiger partial charge in [0.25, 0.3) is 0 Å². The molecular formula is C12H16N2O3. The summed E-state index contributed by atoms with van der Waals surface area (Å²) in [6.07, 6.45) is 2.21. The maximum Gasteiger partial charge on any atom is 0.249 e. The highest BCUT2D eigenvalue weighted by Gasteiger charge is 2.25. The van der Waals surface area contributed by atoms with Crippen molar-refractivity contribution in [2.24, 2.45) is 0 Å². The molecule has 1 saturated heterocycles. The van der Waals surface area contributed by atoms with E-state index in [0.29, 0.717) is 19.5 Å². The summed E-state index contributed by atoms with van der Waals surface area (Å²) in [4.78, 5) is 17.6. The Morgan fingerprint density at radius 2 is 2.41 bits per heavy atom. The van der Waals surface area contributed by atoms with Gasteiger partial charge in [-0.15, -0.1) is 0 Å². The van der Waals surface area contributed by atoms with E-state index in [1.54, 1.807) is 11.1 Å². The van der Waals surface area contributed by atoms with Gasteiger partial charge in [0.2, 0.25) is 5.91 Å². The van der Waals surface area contributed by atoms with Crippen molar-refractivity contribution in [3.05, 3.63) is 30.1 Å². The van der Waals surface area contributed by atoms with Crippen LogP contribution in [0.1, 0.15) is 12.1 Å². The van der Waals surface area contributed by atoms with Gasteiger partial charge in [-0.2, -0.15) is 0 Å². The molecule has 1 atom stereocenters. The molecule has 1 unspecified atom stereocenters. The lowest BCUT2D eigenvalue weighted by molar-refractivity contribution is -0.150. The molecule has 1 N–H and O–H groups in total. The molecule has 1 aromatic rings. The van der Waals surface area contributed by atoms with Crippen LogP contribution in [0.2, 0.25) is 0 Å². The number of rotatable bonds is 4. The molecule has 0 aromatic carbocycles. The van der Waals surface area contributed by atoms with Gasteiger partial charge < -0.3 is 14.7 Å². The maximum absolute atomic E-state index is 11.7. The van der Waals surface area contributed by atoms with Crippen molar-refractivity contribution in [3.63, 3.8) is 0 Å². The summed E-state index contributed by atoms with van der Waals surface area (Å²) >= 11 is 0. The SMILES string of the molecule is O=C1COC(CCO)CN1Cc1ccccn1. The minimum absolute atomic E-state index is 0.0233. The van der Waals surface area contributed by atoms with Crippen molar-refractivity contribution in [2.75, 3.05) is 19.8 Å². The Labute approximate surface area is 100 Å². The van der Waals surface area contributed by atoms with Crippen LogP contribution in [-0.2, 0) is 16.1 Å². The highest BCUT2D eigenvalue weighted by atomic mass is 16.5. The van der Waals surface area contributed by atoms with Crippen LogP contribution in [0.5, 0.6) is 0 Å². The zero-order chi connectivity index (χ0) is 12.1. The minimum Gasteiger partial charge on any atom is -0.396 e. The molecular weight excluding hydrogens is 220 g/mol. The van der Waals surface area contributed by atoms with E-state index in [0.717, 1.165) is 5.69 Å². The van der Waals surface area contributed by atoms with Crippen LogP contribution in [-0.4, -0.2) is 46.8 Å². The number of aliphatic hydroxyl groups is 1. The van der Waals surface area contributed by atoms with Crippen LogP contribution in [0.25, 0.3) is 0 Å². The predicted molar refractivity (Wildman–Crippen MR) is 61.1 cm³/mol. The van der Waals surface area contributed by atoms with Crippen molar-refractivity contribution in [1.82, 2.24) is 9.88 Å². The van der Waals surface area contributed by atoms with E-state index in [-0.39, 0.29) is 25.2 Å². The molecule has 5 nitrogen and oxygen atoms in total. The smallest absolute Gasteiger partial charge is 0.249 e. The van der Waals surface area contributed by atoms with Gasteiger partial charge in [0, 0.05) is 19.3 Å². The van der Waals surface area contributed by atoms with Gasteiger partial charge in [0.15, 0.2) is 0 Å². The fourth-order valence-corrected chi connectivity index (χ4v) is 1.84. The molecule has 1 aliphatic rings. The number of pyridine rings is 1. The van der Waals surface area contributed by atoms with Crippen molar-refractivity contribution in [2.45, 2.75) is 19.1 Å². The number of carbonyl (C=O) groups is 1. The highest BCUT2D eigenvalue weighted by Crippen LogP contribution is 2.12. The number of hydrogen-bond acceptors (Lipinski definition) is 4. The summed E-state index contributed by atoms with van der Waals surface area (Å²) in [5.41, 5.74) is 0.866. The molecule has 92 valence electrons. The first-order chi connectivity index (χ1) is 8.29. The number of aliphatic hydroxyl groups excluding tert-OH is 1. The Morgan fingerprint density at radius 3 is 3.12 bits per heavy atom. The third-order valence-corrected chi connectivity index (χ3v) is 2.75. The molecule has 0 spiro atoms. The normalized spacial score (nSPS) is 20.6. The molecule has 0 radical (unpaired) electrons. The van der Waals surface area contributed by atoms with E-state index < -0.39 is 0 Å². The third kappa shape index (κ3) is 3.25. The van der Waals surface area contributed by atoms with E-state index in [4.69, 9.17) is 9.84 Å². The lowest BCUT2D eigenvalue weighted by Gasteiger charge is -2.32. The summed E-state index contributed by atoms with van der Waals surface area (Å²) in [6, 6.07) is 5.64. The number of aromatic nitrogens is 1. The summed E-state index contributed by atoms with van der Waals surface area (Å²) in [5, 5.41) is 8.86. The van der Waals surface area contributed by atoms with Gasteiger partial charge in [-0.25, -0.2) is 0 Å². The average Bonchev–Trinajstić information content (AvgIpc) is 2.35. The fraction of sp³-hybridized carbons (Fsp3) is 0.500. The standard InChI is InChI=1S/C12H16N2O3/c15-6-4-11-8-14(12(16)9-17-11)7-10-3-1-2-5-13-10/h1-3,5,11,15H,4,6-9H2. The zero-order valence-electron chi connectivity index (χ0n) is 9.58. The number of hydrogen-bond donors (Lipinski definition) is 1. The van der Waals surface area contributed by atoms with Crippen LogP contribution in [0, 0.1) is 0 Å². The van der Waals surface area contributed by atoms with Crippen molar-refractivity contribution in [1.29, 1.82) is 0 Å². The number of amides is 1. The van der Waals surface area contributed by atoms with Crippen LogP contribution in [0.4, 0.5) is 0 Å². The first-order valence-electron chi connectivity index (χ1n) is 5.69. The van der Waals surface area contributed by atoms with Crippen LogP contribution in [0.3, 0.4) is 0 Å². The second-order valence-electron chi connectivity index (χ2n) is 4.04. The van der Waals surface area contributed by atoms with Crippen LogP contribution in [0.15, 0.2) is 24.4 Å². The molecule has 2 heterocycles. The molecule has 1 fully saturated rings. The largest absolute Gasteiger partial charge is 0.396 e. The summed E-state index contributed by atoms with van der Waals surface area (Å²) in [5.74, 6) is -0.0233. The fourth-order valence-electron chi connectivity index (χ4n) is 1.84. The van der Waals surface area contributed by atoms with Crippen molar-refractivity contribution < 1.29 is 14.6 Å². The predicted octanol–water partition coefficient (Wildman–Crippen LogP) is 0.191. The molecule has 1 amide bonds. The van der Waals surface area contributed by atoms with Crippen LogP contribution >= 0.6 is 0 Å². The minimum atomic E-state index is -0.0681. The van der Waals surface area contributed by atoms with Gasteiger partial charge in [-0.1, -0.05) is 6.07 Å². The number of carbonyl (C=O) groups excluding carboxylic acids is 1. The second kappa shape index (κ2) is 5.75. The van der Waals surface area contributed by atoms with Gasteiger partial charge >= 0.3 is 0 Å². The molecule has 0 aliphatic carbocycles. The molecule has 0 bridgehead atoms. The third-order valence-electron chi connectivity index (χ3n) is 2.75. The second-order valence-corrected chi connectivity index (χ2v) is 4.04. The Bertz CT molecular complexity index is 369. The van der Waals surface area contributed by atoms with Crippen molar-refractivity contribution in [3.8, 4) is 0 Å². The molecule has 17 heavy (non-hydrogen) atoms. The molecule has 5 heteroatoms. The number of nitrogens with zero attached hydrogens (tertiary/aromatic N) is 2. The average molecular weight is 236 g/mol. The molecule has 1 aliphatic heterocycles. The Morgan fingerprint density at radius 1 is 1.53 bits per heavy atom. The summed E-state index contributed by atoms with van der Waals surface area (Å²) < 4.78 is 5.33. The molecule has 0 saturated carbocycles. The Hall–Kier alpha value is -1.46. The number of ether oxygens (including phenoxy) is 1. The quantitative estimate of drug-likeness (QED) is 0.810. The van der Waals surface area contributed by atoms with Crippen LogP contribution < -0.4 is 0 Å². The van der Waals surface area contributed by atoms with Gasteiger partial charge in [0.05, 0.1) is 18.3 Å². The monoisotopic (exact) mass is 236 g/mol. The van der Waals surface area contributed by atoms with Gasteiger partial charge in [-0.05, 0) is 18.6 Å². The zero-order valence-corrected chi connectivity index (χ0v) is 9.58. The summed E-state index contributed by atoms with van der Waals surface area (Å²) in [7, 11) is 0. The van der Waals surface area contributed by atoms with Gasteiger partial charge in [-0.3, -0.25) is 9.78 Å². The van der Waals surface area contributed by atoms with E-state index in [9.17, 15) is 4.79 Å². The molecule has 2 rings (SSSR count). The maximum atomic E-state index is 11.7. The van der Waals surface area contributed by atoms with E-state index in [1.165, 1.54) is 0 Å². The first kappa shape index (κ1) is 12.0. The molecule has 1 aromatic heterocycles. The first-order valence-corrected chi connectivity index (χ1v) is 5.69. The summed E-state index contributed by atoms with van der Waals surface area (Å²) in [6.45, 7) is 1.20. The van der Waals surface area contributed by atoms with Gasteiger partial charge in [0.1, 0.15) is 6.61 Å². The van der Waals surface area contributed by atoms with Crippen molar-refractivity contribution >= 4 is 5.91 Å².